The van der Waals surface area contributed by atoms with Crippen LogP contribution in [0.15, 0.2) is 42.5 Å². The third-order valence-corrected chi connectivity index (χ3v) is 7.69. The average Bonchev–Trinajstić information content (AvgIpc) is 3.56. The lowest BCUT2D eigenvalue weighted by molar-refractivity contribution is -0.143. The van der Waals surface area contributed by atoms with E-state index >= 15 is 0 Å². The molecule has 206 valence electrons. The second-order valence-corrected chi connectivity index (χ2v) is 10.1. The van der Waals surface area contributed by atoms with Gasteiger partial charge in [0.15, 0.2) is 11.5 Å². The number of methoxy groups -OCH3 is 1. The maximum Gasteiger partial charge on any atom is 0.309 e. The van der Waals surface area contributed by atoms with Gasteiger partial charge in [-0.05, 0) is 48.2 Å². The van der Waals surface area contributed by atoms with Crippen molar-refractivity contribution in [1.82, 2.24) is 9.80 Å². The molecule has 38 heavy (non-hydrogen) atoms. The van der Waals surface area contributed by atoms with Crippen molar-refractivity contribution in [3.63, 3.8) is 0 Å². The molecule has 2 aliphatic heterocycles. The van der Waals surface area contributed by atoms with Gasteiger partial charge in [-0.3, -0.25) is 14.5 Å². The van der Waals surface area contributed by atoms with E-state index in [0.717, 1.165) is 55.6 Å². The Morgan fingerprint density at radius 1 is 1.00 bits per heavy atom. The van der Waals surface area contributed by atoms with E-state index in [2.05, 4.69) is 18.7 Å². The Morgan fingerprint density at radius 2 is 1.66 bits per heavy atom. The Morgan fingerprint density at radius 3 is 2.29 bits per heavy atom. The third-order valence-electron chi connectivity index (χ3n) is 7.69. The lowest BCUT2D eigenvalue weighted by Gasteiger charge is -2.29. The number of hydrogen-bond acceptors (Lipinski definition) is 6. The zero-order chi connectivity index (χ0) is 27.1. The number of rotatable bonds is 13. The van der Waals surface area contributed by atoms with Crippen LogP contribution in [0, 0.1) is 5.92 Å². The summed E-state index contributed by atoms with van der Waals surface area (Å²) in [5.41, 5.74) is 1.81. The maximum atomic E-state index is 13.3. The molecule has 0 aromatic heterocycles. The highest BCUT2D eigenvalue weighted by molar-refractivity contribution is 5.76. The predicted molar refractivity (Wildman–Crippen MR) is 145 cm³/mol. The molecule has 0 bridgehead atoms. The van der Waals surface area contributed by atoms with Crippen LogP contribution in [0.5, 0.6) is 17.2 Å². The first-order valence-corrected chi connectivity index (χ1v) is 13.7. The Kier molecular flexibility index (Phi) is 9.50. The molecule has 0 unspecified atom stereocenters. The van der Waals surface area contributed by atoms with Crippen molar-refractivity contribution < 1.29 is 28.9 Å². The Balaban J connectivity index is 1.60. The topological polar surface area (TPSA) is 88.5 Å². The highest BCUT2D eigenvalue weighted by atomic mass is 16.7. The number of carboxylic acids is 1. The first-order valence-electron chi connectivity index (χ1n) is 13.7. The normalized spacial score (nSPS) is 20.4. The fourth-order valence-corrected chi connectivity index (χ4v) is 5.60. The number of fused-ring (bicyclic) bond motifs is 1. The molecule has 0 aliphatic carbocycles. The monoisotopic (exact) mass is 524 g/mol. The second kappa shape index (κ2) is 13.0. The summed E-state index contributed by atoms with van der Waals surface area (Å²) in [5, 5.41) is 10.5. The summed E-state index contributed by atoms with van der Waals surface area (Å²) in [6, 6.07) is 12.9. The van der Waals surface area contributed by atoms with Gasteiger partial charge in [0.2, 0.25) is 12.7 Å². The van der Waals surface area contributed by atoms with E-state index in [-0.39, 0.29) is 24.7 Å². The molecule has 2 heterocycles. The molecule has 0 saturated carbocycles. The van der Waals surface area contributed by atoms with Gasteiger partial charge in [-0.15, -0.1) is 0 Å². The van der Waals surface area contributed by atoms with Crippen LogP contribution in [0.2, 0.25) is 0 Å². The number of likely N-dealkylation sites (tertiary alicyclic amines) is 1. The molecule has 8 nitrogen and oxygen atoms in total. The fourth-order valence-electron chi connectivity index (χ4n) is 5.60. The summed E-state index contributed by atoms with van der Waals surface area (Å²) >= 11 is 0. The van der Waals surface area contributed by atoms with Gasteiger partial charge in [-0.25, -0.2) is 0 Å². The van der Waals surface area contributed by atoms with Crippen LogP contribution in [0.4, 0.5) is 0 Å². The minimum Gasteiger partial charge on any atom is -0.497 e. The van der Waals surface area contributed by atoms with E-state index < -0.39 is 11.9 Å². The lowest BCUT2D eigenvalue weighted by Crippen LogP contribution is -2.36. The summed E-state index contributed by atoms with van der Waals surface area (Å²) in [6.45, 7) is 7.01. The van der Waals surface area contributed by atoms with E-state index in [1.165, 1.54) is 0 Å². The molecular formula is C30H40N2O6. The molecule has 1 saturated heterocycles. The summed E-state index contributed by atoms with van der Waals surface area (Å²) in [6.07, 6.45) is 4.42. The number of carbonyl (C=O) groups is 2. The number of unbranched alkanes of at least 4 members (excludes halogenated alkanes) is 2. The van der Waals surface area contributed by atoms with Crippen LogP contribution < -0.4 is 14.2 Å². The largest absolute Gasteiger partial charge is 0.497 e. The SMILES string of the molecule is CCCCN(CCCC)C(=O)CCN1C[C@H](c2ccc3c(c2)OCO3)[C@H](C(=O)O)[C@H]1c1ccc(OC)cc1. The van der Waals surface area contributed by atoms with Crippen LogP contribution in [0.25, 0.3) is 0 Å². The first-order chi connectivity index (χ1) is 18.5. The highest BCUT2D eigenvalue weighted by Crippen LogP contribution is 2.47. The van der Waals surface area contributed by atoms with E-state index in [9.17, 15) is 14.7 Å². The smallest absolute Gasteiger partial charge is 0.309 e. The van der Waals surface area contributed by atoms with Crippen molar-refractivity contribution >= 4 is 11.9 Å². The van der Waals surface area contributed by atoms with Crippen LogP contribution in [-0.2, 0) is 9.59 Å². The van der Waals surface area contributed by atoms with Crippen LogP contribution in [0.1, 0.15) is 69.0 Å². The van der Waals surface area contributed by atoms with E-state index in [0.29, 0.717) is 31.0 Å². The van der Waals surface area contributed by atoms with Gasteiger partial charge >= 0.3 is 5.97 Å². The quantitative estimate of drug-likeness (QED) is 0.391. The average molecular weight is 525 g/mol. The molecule has 2 aliphatic rings. The number of hydrogen-bond donors (Lipinski definition) is 1. The number of ether oxygens (including phenoxy) is 3. The van der Waals surface area contributed by atoms with Gasteiger partial charge in [0, 0.05) is 44.6 Å². The molecule has 2 aromatic carbocycles. The predicted octanol–water partition coefficient (Wildman–Crippen LogP) is 5.08. The van der Waals surface area contributed by atoms with E-state index in [1.807, 2.05) is 47.4 Å². The molecule has 0 spiro atoms. The van der Waals surface area contributed by atoms with Crippen molar-refractivity contribution in [1.29, 1.82) is 0 Å². The third kappa shape index (κ3) is 6.23. The molecule has 1 N–H and O–H groups in total. The number of carboxylic acid groups (broad SMARTS) is 1. The van der Waals surface area contributed by atoms with Crippen molar-refractivity contribution in [2.75, 3.05) is 40.1 Å². The number of amides is 1. The Labute approximate surface area is 225 Å². The van der Waals surface area contributed by atoms with Crippen LogP contribution in [-0.4, -0.2) is 66.9 Å². The molecule has 8 heteroatoms. The molecule has 1 fully saturated rings. The Hall–Kier alpha value is -3.26. The minimum atomic E-state index is -0.852. The summed E-state index contributed by atoms with van der Waals surface area (Å²) in [5.74, 6) is 0.371. The van der Waals surface area contributed by atoms with Gasteiger partial charge < -0.3 is 24.2 Å². The first kappa shape index (κ1) is 27.8. The number of nitrogens with zero attached hydrogens (tertiary/aromatic N) is 2. The fraction of sp³-hybridized carbons (Fsp3) is 0.533. The van der Waals surface area contributed by atoms with Gasteiger partial charge in [0.05, 0.1) is 13.0 Å². The van der Waals surface area contributed by atoms with E-state index in [1.54, 1.807) is 7.11 Å². The number of benzene rings is 2. The Bertz CT molecular complexity index is 1080. The summed E-state index contributed by atoms with van der Waals surface area (Å²) in [4.78, 5) is 30.2. The van der Waals surface area contributed by atoms with Crippen molar-refractivity contribution in [3.05, 3.63) is 53.6 Å². The second-order valence-electron chi connectivity index (χ2n) is 10.1. The summed E-state index contributed by atoms with van der Waals surface area (Å²) in [7, 11) is 1.61. The summed E-state index contributed by atoms with van der Waals surface area (Å²) < 4.78 is 16.4. The molecule has 0 radical (unpaired) electrons. The van der Waals surface area contributed by atoms with Gasteiger partial charge in [0.25, 0.3) is 0 Å². The zero-order valence-corrected chi connectivity index (χ0v) is 22.7. The van der Waals surface area contributed by atoms with Crippen molar-refractivity contribution in [2.24, 2.45) is 5.92 Å². The highest BCUT2D eigenvalue weighted by Gasteiger charge is 2.47. The molecular weight excluding hydrogens is 484 g/mol. The van der Waals surface area contributed by atoms with Crippen molar-refractivity contribution in [2.45, 2.75) is 57.9 Å². The molecule has 1 amide bonds. The number of aliphatic carboxylic acids is 1. The number of carbonyl (C=O) groups excluding carboxylic acids is 1. The zero-order valence-electron chi connectivity index (χ0n) is 22.7. The lowest BCUT2D eigenvalue weighted by atomic mass is 9.82. The minimum absolute atomic E-state index is 0.138. The van der Waals surface area contributed by atoms with Gasteiger partial charge in [-0.1, -0.05) is 44.9 Å². The molecule has 3 atom stereocenters. The van der Waals surface area contributed by atoms with Crippen LogP contribution >= 0.6 is 0 Å². The van der Waals surface area contributed by atoms with Gasteiger partial charge in [-0.2, -0.15) is 0 Å². The van der Waals surface area contributed by atoms with E-state index in [4.69, 9.17) is 14.2 Å². The van der Waals surface area contributed by atoms with Crippen LogP contribution in [0.3, 0.4) is 0 Å². The van der Waals surface area contributed by atoms with Gasteiger partial charge in [0.1, 0.15) is 5.75 Å². The maximum absolute atomic E-state index is 13.3. The molecule has 2 aromatic rings. The van der Waals surface area contributed by atoms with Crippen molar-refractivity contribution in [3.8, 4) is 17.2 Å². The standard InChI is InChI=1S/C30H40N2O6/c1-4-6-15-31(16-7-5-2)27(33)14-17-32-19-24(22-10-13-25-26(18-22)38-20-37-25)28(30(34)35)29(32)21-8-11-23(36-3)12-9-21/h8-13,18,24,28-29H,4-7,14-17,19-20H2,1-3H3,(H,34,35)/t24-,28+,29-/m1/s1. The molecule has 4 rings (SSSR count).